The highest BCUT2D eigenvalue weighted by atomic mass is 32.1. The molecule has 3 heterocycles. The van der Waals surface area contributed by atoms with E-state index in [0.717, 1.165) is 39.7 Å². The zero-order valence-corrected chi connectivity index (χ0v) is 40.1. The molecule has 3 nitrogen and oxygen atoms in total. The van der Waals surface area contributed by atoms with Gasteiger partial charge < -0.3 is 14.4 Å². The highest BCUT2D eigenvalue weighted by molar-refractivity contribution is 7.26. The predicted molar refractivity (Wildman–Crippen MR) is 307 cm³/mol. The van der Waals surface area contributed by atoms with Crippen LogP contribution in [0, 0.1) is 0 Å². The number of nitrogens with zero attached hydrogens (tertiary/aromatic N) is 3. The molecule has 0 aliphatic rings. The van der Waals surface area contributed by atoms with Crippen molar-refractivity contribution in [2.45, 2.75) is 0 Å². The van der Waals surface area contributed by atoms with E-state index in [9.17, 15) is 0 Å². The quantitative estimate of drug-likeness (QED) is 0.143. The Labute approximate surface area is 419 Å². The van der Waals surface area contributed by atoms with Crippen molar-refractivity contribution in [2.24, 2.45) is 0 Å². The molecule has 14 aromatic rings. The number of fused-ring (bicyclic) bond motifs is 9. The molecular weight excluding hydrogens is 899 g/mol. The molecule has 11 aromatic carbocycles. The first kappa shape index (κ1) is 41.3. The van der Waals surface area contributed by atoms with Gasteiger partial charge in [0.15, 0.2) is 0 Å². The average Bonchev–Trinajstić information content (AvgIpc) is 4.11. The van der Waals surface area contributed by atoms with Crippen LogP contribution < -0.4 is 9.80 Å². The lowest BCUT2D eigenvalue weighted by Gasteiger charge is -2.29. The second-order valence-corrected chi connectivity index (χ2v) is 20.3. The van der Waals surface area contributed by atoms with E-state index >= 15 is 0 Å². The van der Waals surface area contributed by atoms with E-state index in [1.54, 1.807) is 0 Å². The lowest BCUT2D eigenvalue weighted by atomic mass is 9.99. The molecule has 0 aliphatic carbocycles. The van der Waals surface area contributed by atoms with E-state index in [1.807, 2.05) is 22.7 Å². The molecular formula is C66H43N3S2. The Balaban J connectivity index is 0.888. The Hall–Kier alpha value is -8.74. The molecule has 0 unspecified atom stereocenters. The highest BCUT2D eigenvalue weighted by Gasteiger charge is 2.20. The largest absolute Gasteiger partial charge is 0.310 e. The van der Waals surface area contributed by atoms with Crippen LogP contribution in [-0.4, -0.2) is 4.57 Å². The monoisotopic (exact) mass is 941 g/mol. The van der Waals surface area contributed by atoms with E-state index in [1.165, 1.54) is 84.5 Å². The minimum absolute atomic E-state index is 1.07. The SMILES string of the molecule is c1ccc(N(c2ccccc2)c2cccc(N(c3cccc(-c4ccc5sc6ccc(-c7ccc8c9ccccc9n(-c9ccccc9)c8c7)cc6c5c4)c3)c3ccc4sc5ccccc5c4c3)c2)cc1. The summed E-state index contributed by atoms with van der Waals surface area (Å²) in [5, 5.41) is 7.63. The summed E-state index contributed by atoms with van der Waals surface area (Å²) in [4.78, 5) is 4.76. The van der Waals surface area contributed by atoms with Gasteiger partial charge in [0.05, 0.1) is 11.0 Å². The maximum absolute atomic E-state index is 2.42. The van der Waals surface area contributed by atoms with Gasteiger partial charge in [-0.25, -0.2) is 0 Å². The van der Waals surface area contributed by atoms with E-state index in [-0.39, 0.29) is 0 Å². The molecule has 0 radical (unpaired) electrons. The normalized spacial score (nSPS) is 11.7. The number of benzene rings is 11. The molecule has 5 heteroatoms. The molecule has 3 aromatic heterocycles. The van der Waals surface area contributed by atoms with Crippen LogP contribution in [0.1, 0.15) is 0 Å². The molecule has 0 amide bonds. The van der Waals surface area contributed by atoms with Crippen LogP contribution >= 0.6 is 22.7 Å². The number of para-hydroxylation sites is 4. The fourth-order valence-corrected chi connectivity index (χ4v) is 12.8. The highest BCUT2D eigenvalue weighted by Crippen LogP contribution is 2.45. The minimum atomic E-state index is 1.07. The number of hydrogen-bond donors (Lipinski definition) is 0. The van der Waals surface area contributed by atoms with Gasteiger partial charge in [-0.1, -0.05) is 133 Å². The summed E-state index contributed by atoms with van der Waals surface area (Å²) in [5.74, 6) is 0. The number of rotatable bonds is 9. The van der Waals surface area contributed by atoms with Crippen molar-refractivity contribution in [3.63, 3.8) is 0 Å². The molecule has 334 valence electrons. The van der Waals surface area contributed by atoms with E-state index in [0.29, 0.717) is 0 Å². The summed E-state index contributed by atoms with van der Waals surface area (Å²) in [5.41, 5.74) is 14.9. The Morgan fingerprint density at radius 2 is 0.676 bits per heavy atom. The zero-order chi connectivity index (χ0) is 46.8. The second-order valence-electron chi connectivity index (χ2n) is 18.1. The lowest BCUT2D eigenvalue weighted by Crippen LogP contribution is -2.13. The summed E-state index contributed by atoms with van der Waals surface area (Å²) in [6, 6.07) is 95.4. The zero-order valence-electron chi connectivity index (χ0n) is 38.5. The first-order chi connectivity index (χ1) is 35.2. The number of anilines is 6. The van der Waals surface area contributed by atoms with Gasteiger partial charge in [-0.15, -0.1) is 22.7 Å². The molecule has 0 N–H and O–H groups in total. The van der Waals surface area contributed by atoms with E-state index < -0.39 is 0 Å². The van der Waals surface area contributed by atoms with Gasteiger partial charge in [0.2, 0.25) is 0 Å². The van der Waals surface area contributed by atoms with Crippen molar-refractivity contribution in [3.8, 4) is 27.9 Å². The first-order valence-electron chi connectivity index (χ1n) is 24.1. The van der Waals surface area contributed by atoms with Gasteiger partial charge in [0.25, 0.3) is 0 Å². The topological polar surface area (TPSA) is 11.4 Å². The third kappa shape index (κ3) is 7.17. The van der Waals surface area contributed by atoms with E-state index in [4.69, 9.17) is 0 Å². The predicted octanol–water partition coefficient (Wildman–Crippen LogP) is 19.8. The minimum Gasteiger partial charge on any atom is -0.310 e. The van der Waals surface area contributed by atoms with Gasteiger partial charge in [-0.2, -0.15) is 0 Å². The summed E-state index contributed by atoms with van der Waals surface area (Å²) in [6.45, 7) is 0. The van der Waals surface area contributed by atoms with Crippen molar-refractivity contribution >= 4 is 119 Å². The Kier molecular flexibility index (Phi) is 9.90. The van der Waals surface area contributed by atoms with Crippen LogP contribution in [0.4, 0.5) is 34.1 Å². The Morgan fingerprint density at radius 1 is 0.239 bits per heavy atom. The number of hydrogen-bond acceptors (Lipinski definition) is 4. The molecule has 14 rings (SSSR count). The van der Waals surface area contributed by atoms with Crippen LogP contribution in [0.15, 0.2) is 261 Å². The molecule has 0 saturated carbocycles. The van der Waals surface area contributed by atoms with Crippen LogP contribution in [0.25, 0.3) is 90.1 Å². The molecule has 0 fully saturated rings. The Bertz CT molecular complexity index is 4260. The van der Waals surface area contributed by atoms with Crippen LogP contribution in [0.2, 0.25) is 0 Å². The lowest BCUT2D eigenvalue weighted by molar-refractivity contribution is 1.18. The van der Waals surface area contributed by atoms with Crippen molar-refractivity contribution in [1.29, 1.82) is 0 Å². The van der Waals surface area contributed by atoms with Crippen LogP contribution in [0.3, 0.4) is 0 Å². The second kappa shape index (κ2) is 17.0. The fourth-order valence-electron chi connectivity index (χ4n) is 10.6. The third-order valence-electron chi connectivity index (χ3n) is 13.9. The summed E-state index contributed by atoms with van der Waals surface area (Å²) in [6.07, 6.45) is 0. The van der Waals surface area contributed by atoms with Gasteiger partial charge in [-0.3, -0.25) is 0 Å². The van der Waals surface area contributed by atoms with Crippen LogP contribution in [0.5, 0.6) is 0 Å². The molecule has 0 bridgehead atoms. The third-order valence-corrected chi connectivity index (χ3v) is 16.2. The maximum Gasteiger partial charge on any atom is 0.0547 e. The molecule has 0 atom stereocenters. The van der Waals surface area contributed by atoms with Gasteiger partial charge in [0.1, 0.15) is 0 Å². The fraction of sp³-hybridized carbons (Fsp3) is 0. The van der Waals surface area contributed by atoms with Crippen molar-refractivity contribution < 1.29 is 0 Å². The molecule has 71 heavy (non-hydrogen) atoms. The average molecular weight is 942 g/mol. The van der Waals surface area contributed by atoms with Gasteiger partial charge in [0, 0.05) is 90.9 Å². The van der Waals surface area contributed by atoms with Crippen molar-refractivity contribution in [3.05, 3.63) is 261 Å². The summed E-state index contributed by atoms with van der Waals surface area (Å²) in [7, 11) is 0. The van der Waals surface area contributed by atoms with Crippen LogP contribution in [-0.2, 0) is 0 Å². The van der Waals surface area contributed by atoms with E-state index in [2.05, 4.69) is 275 Å². The molecule has 0 aliphatic heterocycles. The summed E-state index contributed by atoms with van der Waals surface area (Å²) < 4.78 is 7.56. The van der Waals surface area contributed by atoms with Gasteiger partial charge >= 0.3 is 0 Å². The molecule has 0 saturated heterocycles. The van der Waals surface area contributed by atoms with Crippen molar-refractivity contribution in [2.75, 3.05) is 9.80 Å². The van der Waals surface area contributed by atoms with Crippen molar-refractivity contribution in [1.82, 2.24) is 4.57 Å². The number of thiophene rings is 2. The van der Waals surface area contributed by atoms with Gasteiger partial charge in [-0.05, 0) is 150 Å². The number of aromatic nitrogens is 1. The first-order valence-corrected chi connectivity index (χ1v) is 25.7. The maximum atomic E-state index is 2.42. The Morgan fingerprint density at radius 3 is 1.35 bits per heavy atom. The molecule has 0 spiro atoms. The standard InChI is InChI=1S/C66H43N3S2/c1-4-17-48(18-5-1)67(49-19-6-2-7-20-49)52-24-15-25-53(42-52)68(54-33-37-66-60(43-54)57-27-11-13-29-63(57)70-66)51-23-14-16-44(38-51)45-31-35-64-58(39-45)59-40-46(32-36-65(59)71-64)47-30-34-56-55-26-10-12-28-61(55)69(62(56)41-47)50-21-8-3-9-22-50/h1-43H. The summed E-state index contributed by atoms with van der Waals surface area (Å²) >= 11 is 3.72. The smallest absolute Gasteiger partial charge is 0.0547 e.